The first-order valence-corrected chi connectivity index (χ1v) is 6.27. The number of hydrogen-bond acceptors (Lipinski definition) is 4. The highest BCUT2D eigenvalue weighted by Gasteiger charge is 2.12. The SMILES string of the molecule is CCOc1ccc([C@H](O)c2ccc([N+](=O)[O-])cc2)cc1. The van der Waals surface area contributed by atoms with E-state index in [-0.39, 0.29) is 5.69 Å². The number of ether oxygens (including phenoxy) is 1. The summed E-state index contributed by atoms with van der Waals surface area (Å²) in [4.78, 5) is 10.1. The summed E-state index contributed by atoms with van der Waals surface area (Å²) >= 11 is 0. The second kappa shape index (κ2) is 6.16. The maximum absolute atomic E-state index is 10.6. The first-order chi connectivity index (χ1) is 9.61. The minimum absolute atomic E-state index is 0.00708. The Kier molecular flexibility index (Phi) is 4.32. The number of aliphatic hydroxyl groups excluding tert-OH is 1. The molecule has 0 spiro atoms. The number of rotatable bonds is 5. The van der Waals surface area contributed by atoms with E-state index in [1.54, 1.807) is 36.4 Å². The Morgan fingerprint density at radius 2 is 1.60 bits per heavy atom. The molecule has 0 saturated heterocycles. The van der Waals surface area contributed by atoms with Gasteiger partial charge in [0.15, 0.2) is 0 Å². The van der Waals surface area contributed by atoms with E-state index in [0.29, 0.717) is 17.7 Å². The molecule has 2 aromatic carbocycles. The molecule has 0 amide bonds. The van der Waals surface area contributed by atoms with Gasteiger partial charge in [0.2, 0.25) is 0 Å². The van der Waals surface area contributed by atoms with Crippen LogP contribution in [0, 0.1) is 10.1 Å². The summed E-state index contributed by atoms with van der Waals surface area (Å²) in [5.41, 5.74) is 1.33. The van der Waals surface area contributed by atoms with Gasteiger partial charge < -0.3 is 9.84 Å². The van der Waals surface area contributed by atoms with Gasteiger partial charge >= 0.3 is 0 Å². The zero-order valence-corrected chi connectivity index (χ0v) is 11.0. The Balaban J connectivity index is 2.17. The van der Waals surface area contributed by atoms with Crippen LogP contribution in [0.3, 0.4) is 0 Å². The fourth-order valence-electron chi connectivity index (χ4n) is 1.88. The van der Waals surface area contributed by atoms with Crippen LogP contribution >= 0.6 is 0 Å². The van der Waals surface area contributed by atoms with Gasteiger partial charge in [-0.05, 0) is 42.3 Å². The lowest BCUT2D eigenvalue weighted by Crippen LogP contribution is -2.00. The molecule has 2 aromatic rings. The molecule has 0 heterocycles. The van der Waals surface area contributed by atoms with Crippen molar-refractivity contribution < 1.29 is 14.8 Å². The summed E-state index contributed by atoms with van der Waals surface area (Å²) < 4.78 is 5.33. The summed E-state index contributed by atoms with van der Waals surface area (Å²) in [5, 5.41) is 20.8. The van der Waals surface area contributed by atoms with Crippen LogP contribution in [-0.4, -0.2) is 16.6 Å². The number of benzene rings is 2. The monoisotopic (exact) mass is 273 g/mol. The largest absolute Gasteiger partial charge is 0.494 e. The lowest BCUT2D eigenvalue weighted by atomic mass is 10.0. The van der Waals surface area contributed by atoms with Gasteiger partial charge in [-0.15, -0.1) is 0 Å². The molecule has 0 fully saturated rings. The highest BCUT2D eigenvalue weighted by molar-refractivity contribution is 5.38. The molecular weight excluding hydrogens is 258 g/mol. The molecule has 1 N–H and O–H groups in total. The van der Waals surface area contributed by atoms with E-state index in [1.807, 2.05) is 6.92 Å². The molecule has 20 heavy (non-hydrogen) atoms. The number of nitrogens with zero attached hydrogens (tertiary/aromatic N) is 1. The number of aliphatic hydroxyl groups is 1. The highest BCUT2D eigenvalue weighted by atomic mass is 16.6. The standard InChI is InChI=1S/C15H15NO4/c1-2-20-14-9-5-12(6-10-14)15(17)11-3-7-13(8-4-11)16(18)19/h3-10,15,17H,2H2,1H3/t15-/m1/s1. The number of hydrogen-bond donors (Lipinski definition) is 1. The minimum atomic E-state index is -0.813. The third-order valence-corrected chi connectivity index (χ3v) is 2.93. The van der Waals surface area contributed by atoms with Crippen LogP contribution in [-0.2, 0) is 0 Å². The van der Waals surface area contributed by atoms with E-state index in [4.69, 9.17) is 4.74 Å². The van der Waals surface area contributed by atoms with E-state index in [0.717, 1.165) is 5.75 Å². The summed E-state index contributed by atoms with van der Waals surface area (Å²) in [6, 6.07) is 13.0. The minimum Gasteiger partial charge on any atom is -0.494 e. The van der Waals surface area contributed by atoms with E-state index >= 15 is 0 Å². The normalized spacial score (nSPS) is 11.9. The van der Waals surface area contributed by atoms with Gasteiger partial charge in [0.1, 0.15) is 11.9 Å². The maximum atomic E-state index is 10.6. The molecule has 5 nitrogen and oxygen atoms in total. The number of nitro benzene ring substituents is 1. The number of non-ortho nitro benzene ring substituents is 1. The van der Waals surface area contributed by atoms with Crippen molar-refractivity contribution in [3.63, 3.8) is 0 Å². The van der Waals surface area contributed by atoms with Crippen molar-refractivity contribution in [1.29, 1.82) is 0 Å². The van der Waals surface area contributed by atoms with Crippen molar-refractivity contribution in [1.82, 2.24) is 0 Å². The van der Waals surface area contributed by atoms with Crippen LogP contribution in [0.5, 0.6) is 5.75 Å². The molecule has 5 heteroatoms. The van der Waals surface area contributed by atoms with Gasteiger partial charge in [0, 0.05) is 12.1 Å². The van der Waals surface area contributed by atoms with Crippen molar-refractivity contribution >= 4 is 5.69 Å². The molecule has 0 aliphatic rings. The summed E-state index contributed by atoms with van der Waals surface area (Å²) in [7, 11) is 0. The van der Waals surface area contributed by atoms with Gasteiger partial charge in [-0.1, -0.05) is 12.1 Å². The molecule has 0 aliphatic carbocycles. The summed E-state index contributed by atoms with van der Waals surface area (Å²) in [6.45, 7) is 2.49. The third-order valence-electron chi connectivity index (χ3n) is 2.93. The zero-order valence-electron chi connectivity index (χ0n) is 11.0. The zero-order chi connectivity index (χ0) is 14.5. The van der Waals surface area contributed by atoms with E-state index in [2.05, 4.69) is 0 Å². The van der Waals surface area contributed by atoms with E-state index < -0.39 is 11.0 Å². The van der Waals surface area contributed by atoms with Gasteiger partial charge in [-0.3, -0.25) is 10.1 Å². The molecular formula is C15H15NO4. The van der Waals surface area contributed by atoms with E-state index in [9.17, 15) is 15.2 Å². The fourth-order valence-corrected chi connectivity index (χ4v) is 1.88. The third kappa shape index (κ3) is 3.13. The van der Waals surface area contributed by atoms with Crippen molar-refractivity contribution in [2.45, 2.75) is 13.0 Å². The number of nitro groups is 1. The average Bonchev–Trinajstić information content (AvgIpc) is 2.48. The molecule has 0 aromatic heterocycles. The van der Waals surface area contributed by atoms with Gasteiger partial charge in [-0.25, -0.2) is 0 Å². The molecule has 2 rings (SSSR count). The van der Waals surface area contributed by atoms with Crippen molar-refractivity contribution in [2.24, 2.45) is 0 Å². The van der Waals surface area contributed by atoms with Crippen LogP contribution in [0.25, 0.3) is 0 Å². The molecule has 0 unspecified atom stereocenters. The Hall–Kier alpha value is -2.40. The van der Waals surface area contributed by atoms with Crippen LogP contribution in [0.2, 0.25) is 0 Å². The smallest absolute Gasteiger partial charge is 0.269 e. The maximum Gasteiger partial charge on any atom is 0.269 e. The second-order valence-corrected chi connectivity index (χ2v) is 4.25. The first kappa shape index (κ1) is 14.0. The lowest BCUT2D eigenvalue weighted by molar-refractivity contribution is -0.384. The fraction of sp³-hybridized carbons (Fsp3) is 0.200. The predicted molar refractivity (Wildman–Crippen MR) is 74.8 cm³/mol. The van der Waals surface area contributed by atoms with Crippen molar-refractivity contribution in [3.05, 3.63) is 69.8 Å². The van der Waals surface area contributed by atoms with Crippen molar-refractivity contribution in [2.75, 3.05) is 6.61 Å². The Morgan fingerprint density at radius 3 is 2.05 bits per heavy atom. The predicted octanol–water partition coefficient (Wildman–Crippen LogP) is 3.08. The quantitative estimate of drug-likeness (QED) is 0.671. The van der Waals surface area contributed by atoms with Crippen LogP contribution in [0.4, 0.5) is 5.69 Å². The summed E-state index contributed by atoms with van der Waals surface area (Å²) in [6.07, 6.45) is -0.813. The average molecular weight is 273 g/mol. The Labute approximate surface area is 116 Å². The molecule has 0 saturated carbocycles. The molecule has 0 aliphatic heterocycles. The van der Waals surface area contributed by atoms with Gasteiger partial charge in [0.25, 0.3) is 5.69 Å². The molecule has 0 bridgehead atoms. The lowest BCUT2D eigenvalue weighted by Gasteiger charge is -2.12. The van der Waals surface area contributed by atoms with Gasteiger partial charge in [0.05, 0.1) is 11.5 Å². The summed E-state index contributed by atoms with van der Waals surface area (Å²) in [5.74, 6) is 0.743. The molecule has 0 radical (unpaired) electrons. The van der Waals surface area contributed by atoms with Crippen molar-refractivity contribution in [3.8, 4) is 5.75 Å². The topological polar surface area (TPSA) is 72.6 Å². The Bertz CT molecular complexity index is 578. The highest BCUT2D eigenvalue weighted by Crippen LogP contribution is 2.25. The molecule has 1 atom stereocenters. The van der Waals surface area contributed by atoms with Gasteiger partial charge in [-0.2, -0.15) is 0 Å². The Morgan fingerprint density at radius 1 is 1.10 bits per heavy atom. The molecule has 104 valence electrons. The first-order valence-electron chi connectivity index (χ1n) is 6.27. The van der Waals surface area contributed by atoms with Crippen LogP contribution < -0.4 is 4.74 Å². The second-order valence-electron chi connectivity index (χ2n) is 4.25. The van der Waals surface area contributed by atoms with Crippen LogP contribution in [0.1, 0.15) is 24.2 Å². The van der Waals surface area contributed by atoms with Crippen LogP contribution in [0.15, 0.2) is 48.5 Å². The van der Waals surface area contributed by atoms with E-state index in [1.165, 1.54) is 12.1 Å².